The normalized spacial score (nSPS) is 19.6. The zero-order chi connectivity index (χ0) is 19.2. The first-order valence-electron chi connectivity index (χ1n) is 9.40. The molecular weight excluding hydrogens is 346 g/mol. The van der Waals surface area contributed by atoms with Gasteiger partial charge in [-0.1, -0.05) is 65.8 Å². The molecule has 0 radical (unpaired) electrons. The van der Waals surface area contributed by atoms with Gasteiger partial charge in [0, 0.05) is 17.0 Å². The van der Waals surface area contributed by atoms with E-state index in [1.165, 1.54) is 5.56 Å². The molecule has 138 valence electrons. The molecule has 2 aromatic rings. The minimum atomic E-state index is 0.251. The number of amidine groups is 1. The van der Waals surface area contributed by atoms with Crippen LogP contribution in [-0.4, -0.2) is 5.84 Å². The van der Waals surface area contributed by atoms with Gasteiger partial charge >= 0.3 is 0 Å². The lowest BCUT2D eigenvalue weighted by Gasteiger charge is -2.44. The van der Waals surface area contributed by atoms with Gasteiger partial charge in [0.1, 0.15) is 5.84 Å². The summed E-state index contributed by atoms with van der Waals surface area (Å²) in [7, 11) is 0. The van der Waals surface area contributed by atoms with E-state index in [9.17, 15) is 0 Å². The van der Waals surface area contributed by atoms with Gasteiger partial charge in [-0.05, 0) is 47.4 Å². The second-order valence-corrected chi connectivity index (χ2v) is 6.74. The Morgan fingerprint density at radius 1 is 1.04 bits per heavy atom. The van der Waals surface area contributed by atoms with Gasteiger partial charge in [0.15, 0.2) is 0 Å². The average Bonchev–Trinajstić information content (AvgIpc) is 2.99. The molecule has 1 atom stereocenters. The van der Waals surface area contributed by atoms with Gasteiger partial charge in [0.25, 0.3) is 0 Å². The van der Waals surface area contributed by atoms with Crippen molar-refractivity contribution in [3.8, 4) is 0 Å². The van der Waals surface area contributed by atoms with Crippen LogP contribution in [0.4, 0.5) is 5.69 Å². The van der Waals surface area contributed by atoms with Crippen molar-refractivity contribution >= 4 is 11.5 Å². The fraction of sp³-hybridized carbons (Fsp3) is 0.174. The maximum atomic E-state index is 8.48. The lowest BCUT2D eigenvalue weighted by atomic mass is 9.91. The molecule has 0 amide bonds. The van der Waals surface area contributed by atoms with E-state index in [1.807, 2.05) is 18.2 Å². The van der Waals surface area contributed by atoms with Crippen LogP contribution < -0.4 is 4.90 Å². The number of azide groups is 1. The highest BCUT2D eigenvalue weighted by molar-refractivity contribution is 6.05. The topological polar surface area (TPSA) is 64.4 Å². The number of allylic oxidation sites excluding steroid dienone is 5. The van der Waals surface area contributed by atoms with E-state index in [-0.39, 0.29) is 6.04 Å². The van der Waals surface area contributed by atoms with E-state index < -0.39 is 0 Å². The quantitative estimate of drug-likeness (QED) is 0.350. The molecule has 1 aliphatic heterocycles. The zero-order valence-corrected chi connectivity index (χ0v) is 15.5. The molecule has 1 fully saturated rings. The van der Waals surface area contributed by atoms with E-state index >= 15 is 0 Å². The molecule has 5 heteroatoms. The summed E-state index contributed by atoms with van der Waals surface area (Å²) in [6.45, 7) is 0.380. The monoisotopic (exact) mass is 367 g/mol. The van der Waals surface area contributed by atoms with Crippen molar-refractivity contribution in [1.29, 1.82) is 0 Å². The van der Waals surface area contributed by atoms with E-state index in [1.54, 1.807) is 0 Å². The van der Waals surface area contributed by atoms with Crippen molar-refractivity contribution in [3.05, 3.63) is 112 Å². The number of hydrogen-bond acceptors (Lipinski definition) is 2. The molecule has 1 saturated heterocycles. The third-order valence-electron chi connectivity index (χ3n) is 4.90. The average molecular weight is 367 g/mol. The SMILES string of the molecule is [N-]=[N+]=NCc1ccc(C2CC(=NC3=CC=CCC=C3)N2c2ccccc2)cc1. The summed E-state index contributed by atoms with van der Waals surface area (Å²) in [4.78, 5) is 10.0. The van der Waals surface area contributed by atoms with Gasteiger partial charge in [0.2, 0.25) is 0 Å². The Hall–Kier alpha value is -3.56. The van der Waals surface area contributed by atoms with E-state index in [0.717, 1.165) is 35.6 Å². The summed E-state index contributed by atoms with van der Waals surface area (Å²) in [5, 5.41) is 3.63. The van der Waals surface area contributed by atoms with Crippen LogP contribution in [0.2, 0.25) is 0 Å². The second kappa shape index (κ2) is 8.42. The number of anilines is 1. The van der Waals surface area contributed by atoms with Gasteiger partial charge in [-0.15, -0.1) is 0 Å². The summed E-state index contributed by atoms with van der Waals surface area (Å²) in [6, 6.07) is 18.9. The maximum Gasteiger partial charge on any atom is 0.112 e. The Bertz CT molecular complexity index is 993. The Kier molecular flexibility index (Phi) is 5.36. The van der Waals surface area contributed by atoms with Gasteiger partial charge < -0.3 is 4.90 Å². The third kappa shape index (κ3) is 3.90. The highest BCUT2D eigenvalue weighted by atomic mass is 15.3. The molecule has 2 aromatic carbocycles. The standard InChI is InChI=1S/C23H21N5/c24-27-25-17-18-12-14-19(15-13-18)22-16-23(26-20-8-4-1-2-5-9-20)28(22)21-10-6-3-7-11-21/h1,3-15,22H,2,16-17H2. The molecule has 5 nitrogen and oxygen atoms in total. The van der Waals surface area contributed by atoms with Crippen molar-refractivity contribution in [2.75, 3.05) is 4.90 Å². The van der Waals surface area contributed by atoms with Crippen LogP contribution in [-0.2, 0) is 6.54 Å². The third-order valence-corrected chi connectivity index (χ3v) is 4.90. The van der Waals surface area contributed by atoms with Crippen LogP contribution in [0.5, 0.6) is 0 Å². The molecule has 1 heterocycles. The summed E-state index contributed by atoms with van der Waals surface area (Å²) in [5.74, 6) is 1.07. The Morgan fingerprint density at radius 2 is 1.86 bits per heavy atom. The molecule has 4 rings (SSSR count). The summed E-state index contributed by atoms with van der Waals surface area (Å²) >= 11 is 0. The lowest BCUT2D eigenvalue weighted by Crippen LogP contribution is -2.46. The number of hydrogen-bond donors (Lipinski definition) is 0. The van der Waals surface area contributed by atoms with Crippen LogP contribution in [0, 0.1) is 0 Å². The van der Waals surface area contributed by atoms with Gasteiger partial charge in [0.05, 0.1) is 18.3 Å². The van der Waals surface area contributed by atoms with Crippen molar-refractivity contribution in [2.45, 2.75) is 25.4 Å². The summed E-state index contributed by atoms with van der Waals surface area (Å²) in [5.41, 5.74) is 12.9. The van der Waals surface area contributed by atoms with Crippen molar-refractivity contribution < 1.29 is 0 Å². The highest BCUT2D eigenvalue weighted by Crippen LogP contribution is 2.40. The fourth-order valence-electron chi connectivity index (χ4n) is 3.46. The van der Waals surface area contributed by atoms with E-state index in [2.05, 4.69) is 81.7 Å². The van der Waals surface area contributed by atoms with Crippen molar-refractivity contribution in [3.63, 3.8) is 0 Å². The predicted octanol–water partition coefficient (Wildman–Crippen LogP) is 6.25. The van der Waals surface area contributed by atoms with Crippen LogP contribution in [0.15, 0.2) is 101 Å². The van der Waals surface area contributed by atoms with Gasteiger partial charge in [-0.25, -0.2) is 4.99 Å². The second-order valence-electron chi connectivity index (χ2n) is 6.74. The highest BCUT2D eigenvalue weighted by Gasteiger charge is 2.36. The van der Waals surface area contributed by atoms with Gasteiger partial charge in [-0.2, -0.15) is 0 Å². The first kappa shape index (κ1) is 17.8. The first-order chi connectivity index (χ1) is 13.8. The van der Waals surface area contributed by atoms with Crippen LogP contribution in [0.1, 0.15) is 30.0 Å². The first-order valence-corrected chi connectivity index (χ1v) is 9.40. The summed E-state index contributed by atoms with van der Waals surface area (Å²) in [6.07, 6.45) is 12.3. The van der Waals surface area contributed by atoms with Gasteiger partial charge in [-0.3, -0.25) is 0 Å². The maximum absolute atomic E-state index is 8.48. The molecule has 0 bridgehead atoms. The van der Waals surface area contributed by atoms with Crippen molar-refractivity contribution in [1.82, 2.24) is 0 Å². The van der Waals surface area contributed by atoms with Crippen LogP contribution >= 0.6 is 0 Å². The molecule has 0 aromatic heterocycles. The molecule has 28 heavy (non-hydrogen) atoms. The smallest absolute Gasteiger partial charge is 0.112 e. The Balaban J connectivity index is 1.62. The Labute approximate surface area is 164 Å². The minimum absolute atomic E-state index is 0.251. The Morgan fingerprint density at radius 3 is 2.64 bits per heavy atom. The van der Waals surface area contributed by atoms with Crippen LogP contribution in [0.3, 0.4) is 0 Å². The van der Waals surface area contributed by atoms with Crippen molar-refractivity contribution in [2.24, 2.45) is 10.1 Å². The summed E-state index contributed by atoms with van der Waals surface area (Å²) < 4.78 is 0. The van der Waals surface area contributed by atoms with E-state index in [0.29, 0.717) is 6.54 Å². The predicted molar refractivity (Wildman–Crippen MR) is 114 cm³/mol. The number of aliphatic imine (C=N–C) groups is 1. The molecule has 0 saturated carbocycles. The number of benzene rings is 2. The van der Waals surface area contributed by atoms with Crippen LogP contribution in [0.25, 0.3) is 10.4 Å². The molecule has 2 aliphatic rings. The number of rotatable bonds is 5. The fourth-order valence-corrected chi connectivity index (χ4v) is 3.46. The molecular formula is C23H21N5. The van der Waals surface area contributed by atoms with E-state index in [4.69, 9.17) is 10.5 Å². The zero-order valence-electron chi connectivity index (χ0n) is 15.5. The number of para-hydroxylation sites is 1. The molecule has 0 spiro atoms. The molecule has 1 unspecified atom stereocenters. The number of nitrogens with zero attached hydrogens (tertiary/aromatic N) is 5. The molecule has 1 aliphatic carbocycles. The molecule has 0 N–H and O–H groups in total. The largest absolute Gasteiger partial charge is 0.322 e. The minimum Gasteiger partial charge on any atom is -0.322 e. The lowest BCUT2D eigenvalue weighted by molar-refractivity contribution is 0.650.